The van der Waals surface area contributed by atoms with Crippen LogP contribution < -0.4 is 5.56 Å². The first kappa shape index (κ1) is 14.4. The SMILES string of the molecule is CCc1c(-c2ccccc2C)[nH]n(-c2cccc(C)c2)c1=O. The van der Waals surface area contributed by atoms with Crippen LogP contribution in [0.2, 0.25) is 0 Å². The summed E-state index contributed by atoms with van der Waals surface area (Å²) < 4.78 is 1.65. The Labute approximate surface area is 130 Å². The van der Waals surface area contributed by atoms with Crippen molar-refractivity contribution in [3.05, 3.63) is 75.6 Å². The van der Waals surface area contributed by atoms with Crippen LogP contribution in [0.3, 0.4) is 0 Å². The number of aromatic nitrogens is 2. The lowest BCUT2D eigenvalue weighted by molar-refractivity contribution is 0.847. The lowest BCUT2D eigenvalue weighted by Gasteiger charge is -2.05. The summed E-state index contributed by atoms with van der Waals surface area (Å²) in [5.41, 5.74) is 6.04. The number of H-pyrrole nitrogens is 1. The van der Waals surface area contributed by atoms with Gasteiger partial charge in [-0.1, -0.05) is 43.3 Å². The van der Waals surface area contributed by atoms with Crippen LogP contribution in [-0.4, -0.2) is 9.78 Å². The molecule has 2 aromatic carbocycles. The minimum atomic E-state index is 0.0337. The lowest BCUT2D eigenvalue weighted by Crippen LogP contribution is -2.17. The molecule has 0 aliphatic carbocycles. The van der Waals surface area contributed by atoms with E-state index in [0.717, 1.165) is 33.6 Å². The van der Waals surface area contributed by atoms with Gasteiger partial charge in [-0.25, -0.2) is 4.68 Å². The standard InChI is InChI=1S/C19H20N2O/c1-4-16-18(17-11-6-5-9-14(17)3)20-21(19(16)22)15-10-7-8-13(2)12-15/h5-12,20H,4H2,1-3H3. The Balaban J connectivity index is 2.24. The highest BCUT2D eigenvalue weighted by Crippen LogP contribution is 2.24. The van der Waals surface area contributed by atoms with Crippen molar-refractivity contribution < 1.29 is 0 Å². The molecule has 0 amide bonds. The van der Waals surface area contributed by atoms with Crippen LogP contribution >= 0.6 is 0 Å². The quantitative estimate of drug-likeness (QED) is 0.778. The van der Waals surface area contributed by atoms with E-state index in [0.29, 0.717) is 6.42 Å². The smallest absolute Gasteiger partial charge is 0.275 e. The molecule has 0 aliphatic heterocycles. The predicted molar refractivity (Wildman–Crippen MR) is 90.7 cm³/mol. The zero-order valence-corrected chi connectivity index (χ0v) is 13.2. The van der Waals surface area contributed by atoms with Gasteiger partial charge < -0.3 is 0 Å². The zero-order chi connectivity index (χ0) is 15.7. The first-order valence-corrected chi connectivity index (χ1v) is 7.58. The van der Waals surface area contributed by atoms with Crippen molar-refractivity contribution in [3.8, 4) is 16.9 Å². The molecule has 0 bridgehead atoms. The molecule has 0 radical (unpaired) electrons. The van der Waals surface area contributed by atoms with E-state index in [2.05, 4.69) is 24.2 Å². The van der Waals surface area contributed by atoms with Gasteiger partial charge in [0.15, 0.2) is 0 Å². The fourth-order valence-corrected chi connectivity index (χ4v) is 2.82. The molecule has 22 heavy (non-hydrogen) atoms. The summed E-state index contributed by atoms with van der Waals surface area (Å²) in [6, 6.07) is 16.1. The van der Waals surface area contributed by atoms with Gasteiger partial charge in [0.25, 0.3) is 5.56 Å². The second-order valence-electron chi connectivity index (χ2n) is 5.61. The molecule has 1 aromatic heterocycles. The fourth-order valence-electron chi connectivity index (χ4n) is 2.82. The number of hydrogen-bond donors (Lipinski definition) is 1. The third kappa shape index (κ3) is 2.39. The minimum absolute atomic E-state index is 0.0337. The van der Waals surface area contributed by atoms with Gasteiger partial charge in [0.1, 0.15) is 0 Å². The highest BCUT2D eigenvalue weighted by Gasteiger charge is 2.16. The molecule has 112 valence electrons. The normalized spacial score (nSPS) is 10.9. The third-order valence-electron chi connectivity index (χ3n) is 4.01. The Morgan fingerprint density at radius 1 is 1.05 bits per heavy atom. The Kier molecular flexibility index (Phi) is 3.72. The molecular formula is C19H20N2O. The second-order valence-corrected chi connectivity index (χ2v) is 5.61. The number of nitrogens with zero attached hydrogens (tertiary/aromatic N) is 1. The van der Waals surface area contributed by atoms with Crippen molar-refractivity contribution in [1.82, 2.24) is 9.78 Å². The van der Waals surface area contributed by atoms with Crippen molar-refractivity contribution >= 4 is 0 Å². The van der Waals surface area contributed by atoms with Crippen molar-refractivity contribution in [2.45, 2.75) is 27.2 Å². The molecular weight excluding hydrogens is 272 g/mol. The van der Waals surface area contributed by atoms with Gasteiger partial charge in [0.2, 0.25) is 0 Å². The third-order valence-corrected chi connectivity index (χ3v) is 4.01. The largest absolute Gasteiger partial charge is 0.290 e. The maximum absolute atomic E-state index is 12.7. The van der Waals surface area contributed by atoms with Gasteiger partial charge in [0.05, 0.1) is 11.4 Å². The van der Waals surface area contributed by atoms with E-state index in [-0.39, 0.29) is 5.56 Å². The summed E-state index contributed by atoms with van der Waals surface area (Å²) in [7, 11) is 0. The first-order valence-electron chi connectivity index (χ1n) is 7.58. The van der Waals surface area contributed by atoms with Crippen LogP contribution in [0.1, 0.15) is 23.6 Å². The van der Waals surface area contributed by atoms with Gasteiger partial charge in [-0.2, -0.15) is 0 Å². The van der Waals surface area contributed by atoms with Crippen LogP contribution in [0.25, 0.3) is 16.9 Å². The molecule has 0 saturated carbocycles. The molecule has 0 saturated heterocycles. The van der Waals surface area contributed by atoms with Crippen LogP contribution in [-0.2, 0) is 6.42 Å². The van der Waals surface area contributed by atoms with Crippen LogP contribution in [0, 0.1) is 13.8 Å². The van der Waals surface area contributed by atoms with E-state index in [1.165, 1.54) is 0 Å². The number of hydrogen-bond acceptors (Lipinski definition) is 1. The van der Waals surface area contributed by atoms with E-state index in [1.807, 2.05) is 50.2 Å². The van der Waals surface area contributed by atoms with E-state index in [9.17, 15) is 4.79 Å². The summed E-state index contributed by atoms with van der Waals surface area (Å²) in [5, 5.41) is 3.31. The molecule has 3 nitrogen and oxygen atoms in total. The maximum Gasteiger partial charge on any atom is 0.275 e. The second kappa shape index (κ2) is 5.68. The first-order chi connectivity index (χ1) is 10.6. The molecule has 3 aromatic rings. The van der Waals surface area contributed by atoms with Crippen molar-refractivity contribution in [3.63, 3.8) is 0 Å². The van der Waals surface area contributed by atoms with Crippen molar-refractivity contribution in [2.24, 2.45) is 0 Å². The molecule has 3 heteroatoms. The Morgan fingerprint density at radius 3 is 2.50 bits per heavy atom. The minimum Gasteiger partial charge on any atom is -0.290 e. The van der Waals surface area contributed by atoms with Gasteiger partial charge in [0, 0.05) is 11.1 Å². The molecule has 0 unspecified atom stereocenters. The Bertz CT molecular complexity index is 871. The van der Waals surface area contributed by atoms with Crippen molar-refractivity contribution in [1.29, 1.82) is 0 Å². The summed E-state index contributed by atoms with van der Waals surface area (Å²) in [6.07, 6.45) is 0.706. The topological polar surface area (TPSA) is 37.8 Å². The molecule has 1 heterocycles. The molecule has 3 rings (SSSR count). The summed E-state index contributed by atoms with van der Waals surface area (Å²) in [6.45, 7) is 6.12. The Morgan fingerprint density at radius 2 is 1.82 bits per heavy atom. The maximum atomic E-state index is 12.7. The van der Waals surface area contributed by atoms with E-state index < -0.39 is 0 Å². The highest BCUT2D eigenvalue weighted by atomic mass is 16.1. The van der Waals surface area contributed by atoms with Gasteiger partial charge in [-0.15, -0.1) is 0 Å². The number of aryl methyl sites for hydroxylation is 2. The summed E-state index contributed by atoms with van der Waals surface area (Å²) in [5.74, 6) is 0. The predicted octanol–water partition coefficient (Wildman–Crippen LogP) is 4.01. The number of aromatic amines is 1. The van der Waals surface area contributed by atoms with Gasteiger partial charge in [-0.05, 0) is 43.5 Å². The molecule has 0 aliphatic rings. The molecule has 0 fully saturated rings. The lowest BCUT2D eigenvalue weighted by atomic mass is 10.0. The summed E-state index contributed by atoms with van der Waals surface area (Å²) in [4.78, 5) is 12.7. The van der Waals surface area contributed by atoms with Crippen LogP contribution in [0.5, 0.6) is 0 Å². The average molecular weight is 292 g/mol. The summed E-state index contributed by atoms with van der Waals surface area (Å²) >= 11 is 0. The zero-order valence-electron chi connectivity index (χ0n) is 13.2. The van der Waals surface area contributed by atoms with E-state index in [1.54, 1.807) is 4.68 Å². The fraction of sp³-hybridized carbons (Fsp3) is 0.211. The van der Waals surface area contributed by atoms with Crippen LogP contribution in [0.15, 0.2) is 53.3 Å². The van der Waals surface area contributed by atoms with E-state index >= 15 is 0 Å². The Hall–Kier alpha value is -2.55. The monoisotopic (exact) mass is 292 g/mol. The van der Waals surface area contributed by atoms with Gasteiger partial charge in [-0.3, -0.25) is 9.89 Å². The van der Waals surface area contributed by atoms with Gasteiger partial charge >= 0.3 is 0 Å². The van der Waals surface area contributed by atoms with Crippen molar-refractivity contribution in [2.75, 3.05) is 0 Å². The average Bonchev–Trinajstić information content (AvgIpc) is 2.84. The van der Waals surface area contributed by atoms with Crippen LogP contribution in [0.4, 0.5) is 0 Å². The molecule has 0 spiro atoms. The highest BCUT2D eigenvalue weighted by molar-refractivity contribution is 5.66. The van der Waals surface area contributed by atoms with E-state index in [4.69, 9.17) is 0 Å². The molecule has 0 atom stereocenters. The molecule has 1 N–H and O–H groups in total. The number of benzene rings is 2. The number of nitrogens with one attached hydrogen (secondary N) is 1. The number of rotatable bonds is 3.